The molecule has 8 nitrogen and oxygen atoms in total. The minimum Gasteiger partial charge on any atom is -0.195 e. The molecular formula is C7H16N6O2S. The van der Waals surface area contributed by atoms with Gasteiger partial charge in [0.25, 0.3) is 10.2 Å². The number of hydrogen-bond acceptors (Lipinski definition) is 5. The minimum absolute atomic E-state index is 0.315. The Kier molecular flexibility index (Phi) is 4.33. The van der Waals surface area contributed by atoms with Crippen LogP contribution in [0.4, 0.5) is 0 Å². The summed E-state index contributed by atoms with van der Waals surface area (Å²) in [5.41, 5.74) is 0. The van der Waals surface area contributed by atoms with Crippen LogP contribution in [0.25, 0.3) is 0 Å². The zero-order valence-corrected chi connectivity index (χ0v) is 10.3. The molecule has 1 aromatic heterocycles. The monoisotopic (exact) mass is 248 g/mol. The highest BCUT2D eigenvalue weighted by atomic mass is 32.2. The van der Waals surface area contributed by atoms with Crippen LogP contribution in [0, 0.1) is 0 Å². The fourth-order valence-corrected chi connectivity index (χ4v) is 2.65. The molecule has 1 rings (SSSR count). The van der Waals surface area contributed by atoms with Gasteiger partial charge in [-0.05, 0) is 6.92 Å². The van der Waals surface area contributed by atoms with Crippen molar-refractivity contribution < 1.29 is 8.42 Å². The standard InChI is InChI=1S/C7H16N6O2S/c1-4-13(5-2)16(14,15)10-6(3)7-8-11-12-9-7/h6,10H,4-5H2,1-3H3,(H,8,9,11,12). The van der Waals surface area contributed by atoms with E-state index in [1.54, 1.807) is 20.8 Å². The lowest BCUT2D eigenvalue weighted by molar-refractivity contribution is 0.427. The summed E-state index contributed by atoms with van der Waals surface area (Å²) in [6.45, 7) is 6.06. The highest BCUT2D eigenvalue weighted by Crippen LogP contribution is 2.07. The van der Waals surface area contributed by atoms with E-state index in [-0.39, 0.29) is 0 Å². The van der Waals surface area contributed by atoms with Gasteiger partial charge >= 0.3 is 0 Å². The van der Waals surface area contributed by atoms with Crippen molar-refractivity contribution in [2.24, 2.45) is 0 Å². The van der Waals surface area contributed by atoms with E-state index in [2.05, 4.69) is 25.3 Å². The maximum Gasteiger partial charge on any atom is 0.280 e. The first kappa shape index (κ1) is 13.0. The summed E-state index contributed by atoms with van der Waals surface area (Å²) in [5.74, 6) is 0.315. The van der Waals surface area contributed by atoms with E-state index in [9.17, 15) is 8.42 Å². The van der Waals surface area contributed by atoms with Gasteiger partial charge in [0.05, 0.1) is 6.04 Å². The van der Waals surface area contributed by atoms with Crippen molar-refractivity contribution in [3.8, 4) is 0 Å². The molecule has 9 heteroatoms. The second kappa shape index (κ2) is 5.32. The topological polar surface area (TPSA) is 104 Å². The summed E-state index contributed by atoms with van der Waals surface area (Å²) >= 11 is 0. The summed E-state index contributed by atoms with van der Waals surface area (Å²) in [6, 6.07) is -0.510. The highest BCUT2D eigenvalue weighted by molar-refractivity contribution is 7.87. The third-order valence-corrected chi connectivity index (χ3v) is 3.97. The first-order chi connectivity index (χ1) is 7.51. The lowest BCUT2D eigenvalue weighted by Gasteiger charge is -2.20. The average molecular weight is 248 g/mol. The molecule has 0 saturated carbocycles. The Bertz CT molecular complexity index is 399. The molecule has 1 unspecified atom stereocenters. The molecule has 0 radical (unpaired) electrons. The highest BCUT2D eigenvalue weighted by Gasteiger charge is 2.23. The molecule has 0 aliphatic heterocycles. The van der Waals surface area contributed by atoms with E-state index in [1.807, 2.05) is 0 Å². The van der Waals surface area contributed by atoms with Crippen LogP contribution < -0.4 is 4.72 Å². The maximum atomic E-state index is 11.8. The van der Waals surface area contributed by atoms with Crippen molar-refractivity contribution in [2.75, 3.05) is 13.1 Å². The molecule has 0 aromatic carbocycles. The minimum atomic E-state index is -3.49. The average Bonchev–Trinajstić information content (AvgIpc) is 2.70. The maximum absolute atomic E-state index is 11.8. The van der Waals surface area contributed by atoms with Crippen LogP contribution in [0.1, 0.15) is 32.6 Å². The Balaban J connectivity index is 2.73. The van der Waals surface area contributed by atoms with Gasteiger partial charge in [0.1, 0.15) is 0 Å². The molecule has 0 fully saturated rings. The van der Waals surface area contributed by atoms with Crippen LogP contribution in [-0.2, 0) is 10.2 Å². The van der Waals surface area contributed by atoms with Crippen LogP contribution in [-0.4, -0.2) is 46.4 Å². The van der Waals surface area contributed by atoms with Gasteiger partial charge in [-0.15, -0.1) is 10.2 Å². The van der Waals surface area contributed by atoms with Crippen LogP contribution >= 0.6 is 0 Å². The summed E-state index contributed by atoms with van der Waals surface area (Å²) in [5, 5.41) is 13.1. The normalized spacial score (nSPS) is 14.2. The molecule has 1 heterocycles. The molecule has 0 spiro atoms. The molecule has 0 amide bonds. The number of hydrogen-bond donors (Lipinski definition) is 2. The Morgan fingerprint density at radius 2 is 2.06 bits per heavy atom. The van der Waals surface area contributed by atoms with Crippen molar-refractivity contribution in [2.45, 2.75) is 26.8 Å². The Labute approximate surface area is 94.6 Å². The van der Waals surface area contributed by atoms with Crippen LogP contribution in [0.5, 0.6) is 0 Å². The first-order valence-electron chi connectivity index (χ1n) is 5.02. The fourth-order valence-electron chi connectivity index (χ4n) is 1.27. The van der Waals surface area contributed by atoms with Gasteiger partial charge in [0.15, 0.2) is 5.82 Å². The van der Waals surface area contributed by atoms with E-state index in [1.165, 1.54) is 4.31 Å². The number of rotatable bonds is 6. The number of aromatic nitrogens is 4. The number of nitrogens with one attached hydrogen (secondary N) is 2. The van der Waals surface area contributed by atoms with Gasteiger partial charge in [-0.1, -0.05) is 19.1 Å². The molecule has 92 valence electrons. The van der Waals surface area contributed by atoms with Gasteiger partial charge < -0.3 is 0 Å². The van der Waals surface area contributed by atoms with Crippen molar-refractivity contribution in [3.63, 3.8) is 0 Å². The van der Waals surface area contributed by atoms with Crippen LogP contribution in [0.15, 0.2) is 0 Å². The summed E-state index contributed by atoms with van der Waals surface area (Å²) < 4.78 is 27.5. The number of H-pyrrole nitrogens is 1. The van der Waals surface area contributed by atoms with Crippen LogP contribution in [0.3, 0.4) is 0 Å². The largest absolute Gasteiger partial charge is 0.280 e. The lowest BCUT2D eigenvalue weighted by Crippen LogP contribution is -2.41. The number of tetrazole rings is 1. The number of aromatic amines is 1. The Morgan fingerprint density at radius 3 is 2.50 bits per heavy atom. The molecular weight excluding hydrogens is 232 g/mol. The molecule has 1 atom stereocenters. The SMILES string of the molecule is CCN(CC)S(=O)(=O)NC(C)c1nn[nH]n1. The summed E-state index contributed by atoms with van der Waals surface area (Å²) in [4.78, 5) is 0. The van der Waals surface area contributed by atoms with Gasteiger partial charge in [-0.25, -0.2) is 0 Å². The molecule has 1 aromatic rings. The zero-order chi connectivity index (χ0) is 12.2. The fraction of sp³-hybridized carbons (Fsp3) is 0.857. The van der Waals surface area contributed by atoms with E-state index in [0.29, 0.717) is 18.9 Å². The second-order valence-corrected chi connectivity index (χ2v) is 4.90. The summed E-state index contributed by atoms with van der Waals surface area (Å²) in [6.07, 6.45) is 0. The van der Waals surface area contributed by atoms with E-state index >= 15 is 0 Å². The van der Waals surface area contributed by atoms with Crippen molar-refractivity contribution in [1.29, 1.82) is 0 Å². The smallest absolute Gasteiger partial charge is 0.195 e. The third-order valence-electron chi connectivity index (χ3n) is 2.12. The van der Waals surface area contributed by atoms with E-state index in [4.69, 9.17) is 0 Å². The molecule has 2 N–H and O–H groups in total. The molecule has 16 heavy (non-hydrogen) atoms. The van der Waals surface area contributed by atoms with Gasteiger partial charge in [0, 0.05) is 13.1 Å². The lowest BCUT2D eigenvalue weighted by atomic mass is 10.4. The predicted octanol–water partition coefficient (Wildman–Crippen LogP) is -0.563. The summed E-state index contributed by atoms with van der Waals surface area (Å²) in [7, 11) is -3.49. The van der Waals surface area contributed by atoms with Gasteiger partial charge in [-0.2, -0.15) is 22.7 Å². The Morgan fingerprint density at radius 1 is 1.44 bits per heavy atom. The quantitative estimate of drug-likeness (QED) is 0.702. The van der Waals surface area contributed by atoms with Crippen molar-refractivity contribution in [1.82, 2.24) is 29.7 Å². The predicted molar refractivity (Wildman–Crippen MR) is 57.6 cm³/mol. The van der Waals surface area contributed by atoms with Crippen molar-refractivity contribution in [3.05, 3.63) is 5.82 Å². The van der Waals surface area contributed by atoms with E-state index < -0.39 is 16.3 Å². The molecule has 0 aliphatic rings. The van der Waals surface area contributed by atoms with Crippen LogP contribution in [0.2, 0.25) is 0 Å². The van der Waals surface area contributed by atoms with Gasteiger partial charge in [-0.3, -0.25) is 0 Å². The molecule has 0 bridgehead atoms. The third kappa shape index (κ3) is 2.97. The van der Waals surface area contributed by atoms with Crippen molar-refractivity contribution >= 4 is 10.2 Å². The molecule has 0 aliphatic carbocycles. The van der Waals surface area contributed by atoms with Gasteiger partial charge in [0.2, 0.25) is 0 Å². The zero-order valence-electron chi connectivity index (χ0n) is 9.51. The second-order valence-electron chi connectivity index (χ2n) is 3.20. The number of nitrogens with zero attached hydrogens (tertiary/aromatic N) is 4. The Hall–Kier alpha value is -1.06. The first-order valence-corrected chi connectivity index (χ1v) is 6.46. The van der Waals surface area contributed by atoms with E-state index in [0.717, 1.165) is 0 Å². The molecule has 0 saturated heterocycles.